The van der Waals surface area contributed by atoms with Crippen LogP contribution in [0.1, 0.15) is 50.0 Å². The van der Waals surface area contributed by atoms with Crippen molar-refractivity contribution in [1.82, 2.24) is 14.8 Å². The molecule has 1 N–H and O–H groups in total. The second-order valence-corrected chi connectivity index (χ2v) is 9.47. The minimum atomic E-state index is -0.655. The maximum atomic E-state index is 12.7. The van der Waals surface area contributed by atoms with Crippen LogP contribution in [0, 0.1) is 13.8 Å². The van der Waals surface area contributed by atoms with Gasteiger partial charge in [-0.25, -0.2) is 9.59 Å². The van der Waals surface area contributed by atoms with Gasteiger partial charge in [0.25, 0.3) is 0 Å². The minimum absolute atomic E-state index is 0.00409. The molecule has 1 amide bonds. The molecule has 0 spiro atoms. The van der Waals surface area contributed by atoms with E-state index < -0.39 is 11.9 Å². The Morgan fingerprint density at radius 2 is 1.80 bits per heavy atom. The van der Waals surface area contributed by atoms with E-state index in [4.69, 9.17) is 14.2 Å². The first-order valence-electron chi connectivity index (χ1n) is 10.5. The summed E-state index contributed by atoms with van der Waals surface area (Å²) in [7, 11) is 4.28. The van der Waals surface area contributed by atoms with Crippen molar-refractivity contribution in [2.24, 2.45) is 7.05 Å². The highest BCUT2D eigenvalue weighted by atomic mass is 32.2. The average Bonchev–Trinajstić information content (AvgIpc) is 3.37. The van der Waals surface area contributed by atoms with E-state index in [0.29, 0.717) is 16.5 Å². The van der Waals surface area contributed by atoms with Gasteiger partial charge < -0.3 is 24.1 Å². The molecule has 1 unspecified atom stereocenters. The number of rotatable bonds is 9. The summed E-state index contributed by atoms with van der Waals surface area (Å²) in [6.07, 6.45) is -0.356. The van der Waals surface area contributed by atoms with E-state index in [1.54, 1.807) is 18.5 Å². The standard InChI is InChI=1S/C23H26N4O6S2/c1-12-9-7-8-10-15(12)33-14(3)19-25-26-23(27(19)4)34-11-16(28)24-20-17(21(29)31-5)13(2)18(35-20)22(30)32-6/h7-10,14H,11H2,1-6H3,(H,24,28). The van der Waals surface area contributed by atoms with Crippen molar-refractivity contribution < 1.29 is 28.6 Å². The van der Waals surface area contributed by atoms with Crippen molar-refractivity contribution in [2.45, 2.75) is 32.0 Å². The van der Waals surface area contributed by atoms with Gasteiger partial charge in [-0.1, -0.05) is 30.0 Å². The van der Waals surface area contributed by atoms with Gasteiger partial charge in [0.2, 0.25) is 5.91 Å². The van der Waals surface area contributed by atoms with Gasteiger partial charge in [0.15, 0.2) is 17.1 Å². The molecule has 3 aromatic rings. The van der Waals surface area contributed by atoms with Crippen LogP contribution in [0.4, 0.5) is 5.00 Å². The topological polar surface area (TPSA) is 122 Å². The van der Waals surface area contributed by atoms with Crippen LogP contribution in [0.3, 0.4) is 0 Å². The van der Waals surface area contributed by atoms with E-state index in [1.165, 1.54) is 26.0 Å². The molecule has 35 heavy (non-hydrogen) atoms. The van der Waals surface area contributed by atoms with Crippen molar-refractivity contribution in [3.63, 3.8) is 0 Å². The summed E-state index contributed by atoms with van der Waals surface area (Å²) in [5.41, 5.74) is 1.52. The molecule has 0 saturated carbocycles. The molecule has 186 valence electrons. The zero-order chi connectivity index (χ0) is 25.7. The second-order valence-electron chi connectivity index (χ2n) is 7.51. The molecule has 10 nitrogen and oxygen atoms in total. The van der Waals surface area contributed by atoms with Crippen LogP contribution < -0.4 is 10.1 Å². The highest BCUT2D eigenvalue weighted by Crippen LogP contribution is 2.34. The lowest BCUT2D eigenvalue weighted by Gasteiger charge is -2.15. The van der Waals surface area contributed by atoms with E-state index in [1.807, 2.05) is 38.1 Å². The zero-order valence-electron chi connectivity index (χ0n) is 20.2. The fourth-order valence-corrected chi connectivity index (χ4v) is 5.11. The molecule has 0 fully saturated rings. The van der Waals surface area contributed by atoms with Crippen LogP contribution in [0.5, 0.6) is 5.75 Å². The van der Waals surface area contributed by atoms with Crippen molar-refractivity contribution >= 4 is 45.9 Å². The number of benzene rings is 1. The molecule has 0 radical (unpaired) electrons. The van der Waals surface area contributed by atoms with Crippen LogP contribution in [-0.4, -0.2) is 52.6 Å². The molecular formula is C23H26N4O6S2. The summed E-state index contributed by atoms with van der Waals surface area (Å²) in [4.78, 5) is 37.2. The van der Waals surface area contributed by atoms with Gasteiger partial charge in [0.05, 0.1) is 25.5 Å². The van der Waals surface area contributed by atoms with Crippen molar-refractivity contribution in [3.8, 4) is 5.75 Å². The first kappa shape index (κ1) is 26.2. The predicted octanol–water partition coefficient (Wildman–Crippen LogP) is 3.94. The summed E-state index contributed by atoms with van der Waals surface area (Å²) in [5.74, 6) is -0.258. The third-order valence-electron chi connectivity index (χ3n) is 5.12. The van der Waals surface area contributed by atoms with E-state index in [-0.39, 0.29) is 33.2 Å². The lowest BCUT2D eigenvalue weighted by atomic mass is 10.1. The molecule has 0 aliphatic carbocycles. The van der Waals surface area contributed by atoms with Crippen LogP contribution in [-0.2, 0) is 21.3 Å². The minimum Gasteiger partial charge on any atom is -0.482 e. The maximum Gasteiger partial charge on any atom is 0.348 e. The number of ether oxygens (including phenoxy) is 3. The van der Waals surface area contributed by atoms with Gasteiger partial charge in [0, 0.05) is 7.05 Å². The molecule has 1 aromatic carbocycles. The summed E-state index contributed by atoms with van der Waals surface area (Å²) in [6, 6.07) is 7.70. The number of amides is 1. The quantitative estimate of drug-likeness (QED) is 0.331. The molecular weight excluding hydrogens is 492 g/mol. The monoisotopic (exact) mass is 518 g/mol. The number of nitrogens with one attached hydrogen (secondary N) is 1. The first-order valence-corrected chi connectivity index (χ1v) is 12.3. The molecule has 2 aromatic heterocycles. The normalized spacial score (nSPS) is 11.6. The van der Waals surface area contributed by atoms with E-state index in [2.05, 4.69) is 15.5 Å². The molecule has 0 saturated heterocycles. The number of carbonyl (C=O) groups is 3. The number of thiophene rings is 1. The van der Waals surface area contributed by atoms with Gasteiger partial charge in [-0.2, -0.15) is 0 Å². The lowest BCUT2D eigenvalue weighted by Crippen LogP contribution is -2.16. The largest absolute Gasteiger partial charge is 0.482 e. The maximum absolute atomic E-state index is 12.7. The highest BCUT2D eigenvalue weighted by Gasteiger charge is 2.27. The van der Waals surface area contributed by atoms with Crippen LogP contribution in [0.2, 0.25) is 0 Å². The van der Waals surface area contributed by atoms with Crippen molar-refractivity contribution in [1.29, 1.82) is 0 Å². The molecule has 0 aliphatic rings. The van der Waals surface area contributed by atoms with E-state index in [0.717, 1.165) is 22.6 Å². The summed E-state index contributed by atoms with van der Waals surface area (Å²) in [6.45, 7) is 5.44. The van der Waals surface area contributed by atoms with E-state index >= 15 is 0 Å². The third kappa shape index (κ3) is 5.82. The number of hydrogen-bond donors (Lipinski definition) is 1. The molecule has 1 atom stereocenters. The molecule has 12 heteroatoms. The third-order valence-corrected chi connectivity index (χ3v) is 7.33. The highest BCUT2D eigenvalue weighted by molar-refractivity contribution is 7.99. The predicted molar refractivity (Wildman–Crippen MR) is 132 cm³/mol. The summed E-state index contributed by atoms with van der Waals surface area (Å²) < 4.78 is 17.4. The summed E-state index contributed by atoms with van der Waals surface area (Å²) in [5, 5.41) is 11.8. The molecule has 2 heterocycles. The number of hydrogen-bond acceptors (Lipinski definition) is 10. The molecule has 0 aliphatic heterocycles. The van der Waals surface area contributed by atoms with Gasteiger partial charge in [-0.05, 0) is 38.0 Å². The van der Waals surface area contributed by atoms with Crippen LogP contribution in [0.25, 0.3) is 0 Å². The van der Waals surface area contributed by atoms with Crippen molar-refractivity contribution in [2.75, 3.05) is 25.3 Å². The Bertz CT molecular complexity index is 1250. The smallest absolute Gasteiger partial charge is 0.348 e. The first-order chi connectivity index (χ1) is 16.7. The number of carbonyl (C=O) groups excluding carboxylic acids is 3. The number of para-hydroxylation sites is 1. The number of methoxy groups -OCH3 is 2. The Balaban J connectivity index is 1.69. The van der Waals surface area contributed by atoms with Crippen molar-refractivity contribution in [3.05, 3.63) is 51.7 Å². The molecule has 3 rings (SSSR count). The van der Waals surface area contributed by atoms with Crippen LogP contribution in [0.15, 0.2) is 29.4 Å². The average molecular weight is 519 g/mol. The van der Waals surface area contributed by atoms with Gasteiger partial charge in [-0.3, -0.25) is 4.79 Å². The number of anilines is 1. The Morgan fingerprint density at radius 3 is 2.46 bits per heavy atom. The number of nitrogens with zero attached hydrogens (tertiary/aromatic N) is 3. The van der Waals surface area contributed by atoms with Gasteiger partial charge >= 0.3 is 11.9 Å². The second kappa shape index (κ2) is 11.4. The Morgan fingerprint density at radius 1 is 1.11 bits per heavy atom. The lowest BCUT2D eigenvalue weighted by molar-refractivity contribution is -0.113. The number of aromatic nitrogens is 3. The number of thioether (sulfide) groups is 1. The molecule has 0 bridgehead atoms. The fraction of sp³-hybridized carbons (Fsp3) is 0.348. The Hall–Kier alpha value is -3.38. The Kier molecular flexibility index (Phi) is 8.52. The SMILES string of the molecule is COC(=O)c1sc(NC(=O)CSc2nnc(C(C)Oc3ccccc3C)n2C)c(C(=O)OC)c1C. The van der Waals surface area contributed by atoms with Crippen LogP contribution >= 0.6 is 23.1 Å². The zero-order valence-corrected chi connectivity index (χ0v) is 21.8. The van der Waals surface area contributed by atoms with E-state index in [9.17, 15) is 14.4 Å². The van der Waals surface area contributed by atoms with Gasteiger partial charge in [-0.15, -0.1) is 21.5 Å². The summed E-state index contributed by atoms with van der Waals surface area (Å²) >= 11 is 2.14. The number of esters is 2. The fourth-order valence-electron chi connectivity index (χ4n) is 3.27. The number of aryl methyl sites for hydroxylation is 1. The Labute approximate surface area is 211 Å². The van der Waals surface area contributed by atoms with Gasteiger partial charge in [0.1, 0.15) is 15.6 Å².